The highest BCUT2D eigenvalue weighted by Gasteiger charge is 2.51. The molecule has 8 atom stereocenters. The predicted octanol–water partition coefficient (Wildman–Crippen LogP) is 2.76. The van der Waals surface area contributed by atoms with Crippen molar-refractivity contribution in [2.75, 3.05) is 20.3 Å². The summed E-state index contributed by atoms with van der Waals surface area (Å²) >= 11 is 0. The van der Waals surface area contributed by atoms with Gasteiger partial charge in [0.15, 0.2) is 17.9 Å². The largest absolute Gasteiger partial charge is 0.507 e. The van der Waals surface area contributed by atoms with E-state index in [-0.39, 0.29) is 41.0 Å². The molecule has 2 aromatic carbocycles. The molecule has 0 aromatic heterocycles. The average Bonchev–Trinajstić information content (AvgIpc) is 3.77. The summed E-state index contributed by atoms with van der Waals surface area (Å²) in [5.74, 6) is -2.63. The Morgan fingerprint density at radius 2 is 1.71 bits per heavy atom. The number of Topliss-reactive ketones (excluding diaryl/α,β-unsaturated/α-hetero) is 1. The SMILES string of the molecule is COc1cccc2c1C(=O)c1c(O)c3c(c(O)c1C2=O)C[C@@](O)(C(=O)CO)C[C@@H]3O[C@H]1C[C@H](NC(=O)OCC2C3CC/C=C\CCC32)[C@@H](O)[C@H](C)O1. The molecule has 0 radical (unpaired) electrons. The van der Waals surface area contributed by atoms with E-state index in [0.29, 0.717) is 17.8 Å². The zero-order chi connectivity index (χ0) is 37.1. The number of carbonyl (C=O) groups is 4. The molecule has 2 fully saturated rings. The first-order valence-corrected chi connectivity index (χ1v) is 17.7. The van der Waals surface area contributed by atoms with E-state index in [2.05, 4.69) is 17.5 Å². The van der Waals surface area contributed by atoms with E-state index in [1.165, 1.54) is 25.3 Å². The van der Waals surface area contributed by atoms with Crippen LogP contribution in [0.1, 0.15) is 94.5 Å². The zero-order valence-electron chi connectivity index (χ0n) is 28.9. The Labute approximate surface area is 299 Å². The van der Waals surface area contributed by atoms with E-state index >= 15 is 0 Å². The molecular formula is C38H43NO13. The highest BCUT2D eigenvalue weighted by Crippen LogP contribution is 2.54. The highest BCUT2D eigenvalue weighted by molar-refractivity contribution is 6.31. The van der Waals surface area contributed by atoms with Crippen molar-refractivity contribution in [3.8, 4) is 17.2 Å². The number of phenols is 2. The minimum atomic E-state index is -2.32. The summed E-state index contributed by atoms with van der Waals surface area (Å²) in [4.78, 5) is 53.5. The van der Waals surface area contributed by atoms with Crippen LogP contribution in [0.4, 0.5) is 4.79 Å². The molecule has 4 aliphatic carbocycles. The third-order valence-electron chi connectivity index (χ3n) is 11.5. The molecule has 14 heteroatoms. The second-order valence-electron chi connectivity index (χ2n) is 14.5. The summed E-state index contributed by atoms with van der Waals surface area (Å²) in [5.41, 5.74) is -3.90. The summed E-state index contributed by atoms with van der Waals surface area (Å²) in [6.45, 7) is 0.762. The Hall–Kier alpha value is -4.34. The molecule has 1 saturated carbocycles. The monoisotopic (exact) mass is 721 g/mol. The molecule has 14 nitrogen and oxygen atoms in total. The third-order valence-corrected chi connectivity index (χ3v) is 11.5. The lowest BCUT2D eigenvalue weighted by atomic mass is 9.72. The molecule has 278 valence electrons. The summed E-state index contributed by atoms with van der Waals surface area (Å²) in [5, 5.41) is 58.2. The minimum Gasteiger partial charge on any atom is -0.507 e. The normalized spacial score (nSPS) is 32.6. The second-order valence-corrected chi connectivity index (χ2v) is 14.5. The number of benzene rings is 2. The summed E-state index contributed by atoms with van der Waals surface area (Å²) in [7, 11) is 1.32. The number of hydrogen-bond donors (Lipinski definition) is 6. The van der Waals surface area contributed by atoms with Crippen LogP contribution < -0.4 is 10.1 Å². The van der Waals surface area contributed by atoms with Crippen LogP contribution >= 0.6 is 0 Å². The van der Waals surface area contributed by atoms with Crippen LogP contribution in [0.25, 0.3) is 0 Å². The Balaban J connectivity index is 1.15. The van der Waals surface area contributed by atoms with Crippen LogP contribution in [0.5, 0.6) is 17.2 Å². The molecule has 52 heavy (non-hydrogen) atoms. The van der Waals surface area contributed by atoms with Gasteiger partial charge < -0.3 is 49.8 Å². The van der Waals surface area contributed by atoms with Crippen LogP contribution in [-0.2, 0) is 25.4 Å². The smallest absolute Gasteiger partial charge is 0.407 e. The van der Waals surface area contributed by atoms with Crippen molar-refractivity contribution in [3.05, 3.63) is 63.7 Å². The van der Waals surface area contributed by atoms with E-state index in [0.717, 1.165) is 25.7 Å². The number of methoxy groups -OCH3 is 1. The van der Waals surface area contributed by atoms with E-state index in [1.54, 1.807) is 6.92 Å². The van der Waals surface area contributed by atoms with Gasteiger partial charge in [-0.2, -0.15) is 0 Å². The molecule has 1 saturated heterocycles. The topological polar surface area (TPSA) is 218 Å². The number of phenolic OH excluding ortho intramolecular Hbond substituents is 2. The molecule has 1 heterocycles. The van der Waals surface area contributed by atoms with Crippen molar-refractivity contribution in [2.45, 2.75) is 88.1 Å². The molecule has 7 rings (SSSR count). The van der Waals surface area contributed by atoms with Gasteiger partial charge in [-0.1, -0.05) is 24.3 Å². The number of fused-ring (bicyclic) bond motifs is 4. The average molecular weight is 722 g/mol. The van der Waals surface area contributed by atoms with Gasteiger partial charge in [-0.3, -0.25) is 14.4 Å². The lowest BCUT2D eigenvalue weighted by Crippen LogP contribution is -2.56. The molecule has 0 spiro atoms. The zero-order valence-corrected chi connectivity index (χ0v) is 28.9. The van der Waals surface area contributed by atoms with Crippen molar-refractivity contribution in [1.29, 1.82) is 0 Å². The van der Waals surface area contributed by atoms with Crippen molar-refractivity contribution in [2.24, 2.45) is 17.8 Å². The van der Waals surface area contributed by atoms with Gasteiger partial charge >= 0.3 is 6.09 Å². The maximum Gasteiger partial charge on any atom is 0.407 e. The summed E-state index contributed by atoms with van der Waals surface area (Å²) < 4.78 is 23.1. The first-order valence-electron chi connectivity index (χ1n) is 17.7. The number of ether oxygens (including phenoxy) is 4. The van der Waals surface area contributed by atoms with Gasteiger partial charge in [-0.05, 0) is 56.4 Å². The lowest BCUT2D eigenvalue weighted by Gasteiger charge is -2.42. The van der Waals surface area contributed by atoms with Gasteiger partial charge in [0.2, 0.25) is 5.78 Å². The second kappa shape index (κ2) is 13.9. The van der Waals surface area contributed by atoms with Crippen LogP contribution in [-0.4, -0.2) is 99.4 Å². The number of hydrogen-bond acceptors (Lipinski definition) is 13. The Kier molecular flexibility index (Phi) is 9.63. The van der Waals surface area contributed by atoms with Gasteiger partial charge in [-0.25, -0.2) is 4.79 Å². The van der Waals surface area contributed by atoms with E-state index in [1.807, 2.05) is 0 Å². The number of amides is 1. The standard InChI is InChI=1S/C38H43NO13/c1-17-32(42)23(39-37(47)50-16-22-18-8-5-3-4-6-9-19(18)22)12-27(51-17)52-25-14-38(48,26(41)15-40)13-21-29(25)36(46)31-30(34(21)44)33(43)20-10-7-11-24(49-2)28(20)35(31)45/h3-4,7,10-11,17-19,22-23,25,27,32,40,42,44,46,48H,5-6,8-9,12-16H2,1-2H3,(H,39,47)/b4-3-/t17-,18?,19?,22?,23-,25-,27-,32-,38-/m0/s1. The fourth-order valence-corrected chi connectivity index (χ4v) is 8.66. The highest BCUT2D eigenvalue weighted by atomic mass is 16.7. The number of aliphatic hydroxyl groups excluding tert-OH is 2. The maximum atomic E-state index is 13.9. The van der Waals surface area contributed by atoms with E-state index in [4.69, 9.17) is 18.9 Å². The molecule has 0 bridgehead atoms. The number of ketones is 3. The van der Waals surface area contributed by atoms with Crippen LogP contribution in [0.3, 0.4) is 0 Å². The Morgan fingerprint density at radius 1 is 1.02 bits per heavy atom. The molecule has 6 N–H and O–H groups in total. The van der Waals surface area contributed by atoms with E-state index in [9.17, 15) is 44.7 Å². The van der Waals surface area contributed by atoms with Gasteiger partial charge in [-0.15, -0.1) is 0 Å². The third kappa shape index (κ3) is 6.15. The fourth-order valence-electron chi connectivity index (χ4n) is 8.66. The summed E-state index contributed by atoms with van der Waals surface area (Å²) in [6.07, 6.45) is 1.80. The molecule has 1 amide bonds. The van der Waals surface area contributed by atoms with Gasteiger partial charge in [0.05, 0.1) is 48.7 Å². The van der Waals surface area contributed by atoms with Crippen LogP contribution in [0, 0.1) is 17.8 Å². The quantitative estimate of drug-likeness (QED) is 0.146. The van der Waals surface area contributed by atoms with Crippen LogP contribution in [0.15, 0.2) is 30.4 Å². The number of rotatable bonds is 8. The minimum absolute atomic E-state index is 0.0734. The first-order chi connectivity index (χ1) is 24.9. The molecular weight excluding hydrogens is 678 g/mol. The lowest BCUT2D eigenvalue weighted by molar-refractivity contribution is -0.249. The Morgan fingerprint density at radius 3 is 2.38 bits per heavy atom. The van der Waals surface area contributed by atoms with E-state index < -0.39 is 102 Å². The molecule has 1 aliphatic heterocycles. The number of aromatic hydroxyl groups is 2. The van der Waals surface area contributed by atoms with Gasteiger partial charge in [0, 0.05) is 36.0 Å². The van der Waals surface area contributed by atoms with Crippen molar-refractivity contribution in [3.63, 3.8) is 0 Å². The number of alkyl carbamates (subject to hydrolysis) is 1. The van der Waals surface area contributed by atoms with Crippen molar-refractivity contribution >= 4 is 23.4 Å². The fraction of sp³-hybridized carbons (Fsp3) is 0.526. The Bertz CT molecular complexity index is 1820. The summed E-state index contributed by atoms with van der Waals surface area (Å²) in [6, 6.07) is 3.44. The number of aliphatic hydroxyl groups is 3. The molecule has 2 unspecified atom stereocenters. The van der Waals surface area contributed by atoms with Gasteiger partial charge in [0.1, 0.15) is 35.6 Å². The van der Waals surface area contributed by atoms with Crippen molar-refractivity contribution < 1.29 is 63.7 Å². The van der Waals surface area contributed by atoms with Crippen LogP contribution in [0.2, 0.25) is 0 Å². The molecule has 2 aromatic rings. The predicted molar refractivity (Wildman–Crippen MR) is 180 cm³/mol. The maximum absolute atomic E-state index is 13.9. The van der Waals surface area contributed by atoms with Crippen molar-refractivity contribution in [1.82, 2.24) is 5.32 Å². The number of carbonyl (C=O) groups excluding carboxylic acids is 4. The first kappa shape index (κ1) is 36.0. The molecule has 5 aliphatic rings. The number of allylic oxidation sites excluding steroid dienone is 2. The number of nitrogens with one attached hydrogen (secondary N) is 1. The van der Waals surface area contributed by atoms with Gasteiger partial charge in [0.25, 0.3) is 0 Å².